The molecule has 0 spiro atoms. The van der Waals surface area contributed by atoms with E-state index in [-0.39, 0.29) is 17.1 Å². The predicted molar refractivity (Wildman–Crippen MR) is 111 cm³/mol. The van der Waals surface area contributed by atoms with Crippen molar-refractivity contribution in [3.63, 3.8) is 0 Å². The molecule has 0 fully saturated rings. The third kappa shape index (κ3) is 4.18. The van der Waals surface area contributed by atoms with E-state index in [0.29, 0.717) is 16.1 Å². The molecule has 0 aliphatic carbocycles. The van der Waals surface area contributed by atoms with Crippen molar-refractivity contribution in [1.29, 1.82) is 0 Å². The minimum atomic E-state index is -0.446. The van der Waals surface area contributed by atoms with Crippen molar-refractivity contribution in [2.45, 2.75) is 6.92 Å². The Bertz CT molecular complexity index is 1120. The van der Waals surface area contributed by atoms with Gasteiger partial charge in [0.1, 0.15) is 11.7 Å². The van der Waals surface area contributed by atoms with Crippen molar-refractivity contribution >= 4 is 39.9 Å². The zero-order valence-corrected chi connectivity index (χ0v) is 16.1. The molecule has 3 rings (SSSR count). The van der Waals surface area contributed by atoms with Gasteiger partial charge in [-0.2, -0.15) is 0 Å². The Morgan fingerprint density at radius 2 is 2.04 bits per heavy atom. The van der Waals surface area contributed by atoms with E-state index in [4.69, 9.17) is 17.3 Å². The SMILES string of the molecule is CN=C(/C=C(\N)c1cc(F)ccc1C)NC(=O)c1cc2ncccc2cc1Cl. The fourth-order valence-corrected chi connectivity index (χ4v) is 2.99. The van der Waals surface area contributed by atoms with E-state index in [2.05, 4.69) is 15.3 Å². The quantitative estimate of drug-likeness (QED) is 0.516. The van der Waals surface area contributed by atoms with Gasteiger partial charge in [-0.25, -0.2) is 4.39 Å². The molecule has 0 radical (unpaired) electrons. The number of aliphatic imine (C=N–C) groups is 1. The summed E-state index contributed by atoms with van der Waals surface area (Å²) in [7, 11) is 1.52. The molecule has 0 unspecified atom stereocenters. The molecule has 0 bridgehead atoms. The highest BCUT2D eigenvalue weighted by atomic mass is 35.5. The molecule has 5 nitrogen and oxygen atoms in total. The van der Waals surface area contributed by atoms with Crippen LogP contribution in [0.5, 0.6) is 0 Å². The predicted octanol–water partition coefficient (Wildman–Crippen LogP) is 4.09. The van der Waals surface area contributed by atoms with E-state index >= 15 is 0 Å². The molecule has 0 aliphatic rings. The summed E-state index contributed by atoms with van der Waals surface area (Å²) in [4.78, 5) is 21.0. The first-order chi connectivity index (χ1) is 13.4. The number of hydrogen-bond donors (Lipinski definition) is 2. The number of rotatable bonds is 3. The Hall–Kier alpha value is -3.25. The number of amidine groups is 1. The van der Waals surface area contributed by atoms with Crippen molar-refractivity contribution < 1.29 is 9.18 Å². The average Bonchev–Trinajstić information content (AvgIpc) is 2.68. The molecule has 142 valence electrons. The average molecular weight is 397 g/mol. The maximum Gasteiger partial charge on any atom is 0.258 e. The number of nitrogens with zero attached hydrogens (tertiary/aromatic N) is 2. The van der Waals surface area contributed by atoms with Gasteiger partial charge in [-0.3, -0.25) is 14.8 Å². The normalized spacial score (nSPS) is 12.3. The van der Waals surface area contributed by atoms with Gasteiger partial charge in [0.15, 0.2) is 0 Å². The van der Waals surface area contributed by atoms with Crippen LogP contribution in [0.25, 0.3) is 16.6 Å². The molecule has 7 heteroatoms. The lowest BCUT2D eigenvalue weighted by atomic mass is 10.1. The summed E-state index contributed by atoms with van der Waals surface area (Å²) in [5.41, 5.74) is 8.62. The van der Waals surface area contributed by atoms with E-state index < -0.39 is 11.7 Å². The Morgan fingerprint density at radius 3 is 2.79 bits per heavy atom. The zero-order valence-electron chi connectivity index (χ0n) is 15.3. The van der Waals surface area contributed by atoms with Crippen LogP contribution >= 0.6 is 11.6 Å². The summed E-state index contributed by atoms with van der Waals surface area (Å²) in [6, 6.07) is 11.3. The summed E-state index contributed by atoms with van der Waals surface area (Å²) in [5, 5.41) is 3.80. The molecule has 0 atom stereocenters. The van der Waals surface area contributed by atoms with Crippen LogP contribution in [0.4, 0.5) is 4.39 Å². The Balaban J connectivity index is 1.88. The fraction of sp³-hybridized carbons (Fsp3) is 0.0952. The van der Waals surface area contributed by atoms with Gasteiger partial charge in [0, 0.05) is 36.0 Å². The number of benzene rings is 2. The number of carbonyl (C=O) groups excluding carboxylic acids is 1. The standard InChI is InChI=1S/C21H18ClFN4O/c1-12-5-6-14(23)9-15(12)18(24)11-20(25-2)27-21(28)16-10-19-13(8-17(16)22)4-3-7-26-19/h3-11H,24H2,1-2H3,(H,25,27,28)/b18-11-. The number of nitrogens with two attached hydrogens (primary N) is 1. The van der Waals surface area contributed by atoms with Crippen molar-refractivity contribution in [2.24, 2.45) is 10.7 Å². The van der Waals surface area contributed by atoms with Crippen molar-refractivity contribution in [3.8, 4) is 0 Å². The first-order valence-corrected chi connectivity index (χ1v) is 8.83. The van der Waals surface area contributed by atoms with Crippen molar-refractivity contribution in [3.05, 3.63) is 82.3 Å². The number of aryl methyl sites for hydroxylation is 1. The van der Waals surface area contributed by atoms with Gasteiger partial charge in [0.2, 0.25) is 0 Å². The highest BCUT2D eigenvalue weighted by molar-refractivity contribution is 6.35. The molecule has 0 aliphatic heterocycles. The van der Waals surface area contributed by atoms with Gasteiger partial charge in [0.25, 0.3) is 5.91 Å². The van der Waals surface area contributed by atoms with Crippen LogP contribution in [0.1, 0.15) is 21.5 Å². The van der Waals surface area contributed by atoms with E-state index in [0.717, 1.165) is 10.9 Å². The summed E-state index contributed by atoms with van der Waals surface area (Å²) < 4.78 is 13.5. The first kappa shape index (κ1) is 19.5. The van der Waals surface area contributed by atoms with Gasteiger partial charge in [-0.05, 0) is 42.8 Å². The molecule has 3 aromatic rings. The largest absolute Gasteiger partial charge is 0.398 e. The highest BCUT2D eigenvalue weighted by Gasteiger charge is 2.14. The Morgan fingerprint density at radius 1 is 1.25 bits per heavy atom. The maximum absolute atomic E-state index is 13.5. The number of aromatic nitrogens is 1. The molecular weight excluding hydrogens is 379 g/mol. The molecule has 3 N–H and O–H groups in total. The smallest absolute Gasteiger partial charge is 0.258 e. The van der Waals surface area contributed by atoms with Gasteiger partial charge in [0.05, 0.1) is 16.1 Å². The molecule has 0 saturated carbocycles. The molecular formula is C21H18ClFN4O. The van der Waals surface area contributed by atoms with E-state index in [1.54, 1.807) is 30.5 Å². The summed E-state index contributed by atoms with van der Waals surface area (Å²) >= 11 is 6.25. The second-order valence-corrected chi connectivity index (χ2v) is 6.56. The monoisotopic (exact) mass is 396 g/mol. The fourth-order valence-electron chi connectivity index (χ4n) is 2.74. The number of pyridine rings is 1. The number of carbonyl (C=O) groups is 1. The van der Waals surface area contributed by atoms with E-state index in [1.807, 2.05) is 13.0 Å². The number of hydrogen-bond acceptors (Lipinski definition) is 4. The van der Waals surface area contributed by atoms with Crippen LogP contribution in [-0.4, -0.2) is 23.8 Å². The van der Waals surface area contributed by atoms with Crippen molar-refractivity contribution in [1.82, 2.24) is 10.3 Å². The van der Waals surface area contributed by atoms with Crippen molar-refractivity contribution in [2.75, 3.05) is 7.05 Å². The van der Waals surface area contributed by atoms with Crippen LogP contribution < -0.4 is 11.1 Å². The lowest BCUT2D eigenvalue weighted by molar-refractivity contribution is 0.0977. The van der Waals surface area contributed by atoms with Crippen LogP contribution in [-0.2, 0) is 0 Å². The van der Waals surface area contributed by atoms with Crippen LogP contribution in [0.15, 0.2) is 59.7 Å². The van der Waals surface area contributed by atoms with E-state index in [9.17, 15) is 9.18 Å². The Labute approximate surface area is 166 Å². The molecule has 0 saturated heterocycles. The van der Waals surface area contributed by atoms with Crippen LogP contribution in [0.3, 0.4) is 0 Å². The first-order valence-electron chi connectivity index (χ1n) is 8.45. The minimum absolute atomic E-state index is 0.225. The van der Waals surface area contributed by atoms with Crippen LogP contribution in [0.2, 0.25) is 5.02 Å². The van der Waals surface area contributed by atoms with Gasteiger partial charge < -0.3 is 11.1 Å². The lowest BCUT2D eigenvalue weighted by Crippen LogP contribution is -2.30. The second kappa shape index (κ2) is 8.19. The lowest BCUT2D eigenvalue weighted by Gasteiger charge is -2.10. The third-order valence-corrected chi connectivity index (χ3v) is 4.53. The molecule has 1 aromatic heterocycles. The molecule has 1 heterocycles. The second-order valence-electron chi connectivity index (χ2n) is 6.15. The summed E-state index contributed by atoms with van der Waals surface area (Å²) in [5.74, 6) is -0.618. The highest BCUT2D eigenvalue weighted by Crippen LogP contribution is 2.23. The maximum atomic E-state index is 13.5. The molecule has 28 heavy (non-hydrogen) atoms. The third-order valence-electron chi connectivity index (χ3n) is 4.22. The molecule has 2 aromatic carbocycles. The van der Waals surface area contributed by atoms with Crippen LogP contribution in [0, 0.1) is 12.7 Å². The van der Waals surface area contributed by atoms with Gasteiger partial charge in [-0.1, -0.05) is 23.7 Å². The van der Waals surface area contributed by atoms with E-state index in [1.165, 1.54) is 25.3 Å². The summed E-state index contributed by atoms with van der Waals surface area (Å²) in [6.07, 6.45) is 3.12. The number of fused-ring (bicyclic) bond motifs is 1. The number of nitrogens with one attached hydrogen (secondary N) is 1. The number of halogens is 2. The zero-order chi connectivity index (χ0) is 20.3. The number of amides is 1. The topological polar surface area (TPSA) is 80.4 Å². The van der Waals surface area contributed by atoms with Gasteiger partial charge in [-0.15, -0.1) is 0 Å². The Kier molecular flexibility index (Phi) is 5.70. The minimum Gasteiger partial charge on any atom is -0.398 e. The molecule has 1 amide bonds. The summed E-state index contributed by atoms with van der Waals surface area (Å²) in [6.45, 7) is 1.82. The van der Waals surface area contributed by atoms with Gasteiger partial charge >= 0.3 is 0 Å².